The standard InChI is InChI=1S/C12H11FN2O2S2/c1-2-17-11(16)9-10(14)15(12(18)19-9)8-5-3-7(13)4-6-8/h3-6H,2,14H2,1H3. The molecule has 0 unspecified atom stereocenters. The van der Waals surface area contributed by atoms with Crippen molar-refractivity contribution in [3.05, 3.63) is 38.9 Å². The lowest BCUT2D eigenvalue weighted by atomic mass is 10.3. The Balaban J connectivity index is 2.51. The molecular weight excluding hydrogens is 287 g/mol. The molecule has 1 aromatic heterocycles. The van der Waals surface area contributed by atoms with E-state index >= 15 is 0 Å². The van der Waals surface area contributed by atoms with Gasteiger partial charge in [0.05, 0.1) is 6.61 Å². The second-order valence-corrected chi connectivity index (χ2v) is 5.26. The molecule has 7 heteroatoms. The van der Waals surface area contributed by atoms with Crippen LogP contribution < -0.4 is 5.73 Å². The summed E-state index contributed by atoms with van der Waals surface area (Å²) >= 11 is 6.25. The maximum atomic E-state index is 12.9. The molecule has 4 nitrogen and oxygen atoms in total. The van der Waals surface area contributed by atoms with E-state index in [9.17, 15) is 9.18 Å². The summed E-state index contributed by atoms with van der Waals surface area (Å²) in [6, 6.07) is 5.70. The van der Waals surface area contributed by atoms with Gasteiger partial charge in [-0.15, -0.1) is 0 Å². The third-order valence-electron chi connectivity index (χ3n) is 2.39. The van der Waals surface area contributed by atoms with Gasteiger partial charge in [-0.2, -0.15) is 0 Å². The first-order valence-corrected chi connectivity index (χ1v) is 6.71. The Bertz CT molecular complexity index is 661. The maximum Gasteiger partial charge on any atom is 0.352 e. The molecule has 1 heterocycles. The number of anilines is 1. The van der Waals surface area contributed by atoms with Crippen LogP contribution >= 0.6 is 23.6 Å². The number of hydrogen-bond donors (Lipinski definition) is 1. The fraction of sp³-hybridized carbons (Fsp3) is 0.167. The molecule has 0 bridgehead atoms. The van der Waals surface area contributed by atoms with Gasteiger partial charge in [-0.3, -0.25) is 4.57 Å². The van der Waals surface area contributed by atoms with Crippen molar-refractivity contribution in [2.75, 3.05) is 12.3 Å². The third kappa shape index (κ3) is 2.66. The zero-order chi connectivity index (χ0) is 14.0. The SMILES string of the molecule is CCOC(=O)c1sc(=S)n(-c2ccc(F)cc2)c1N. The second kappa shape index (κ2) is 5.50. The molecule has 2 N–H and O–H groups in total. The highest BCUT2D eigenvalue weighted by atomic mass is 32.1. The van der Waals surface area contributed by atoms with Crippen LogP contribution in [0.5, 0.6) is 0 Å². The number of nitrogens with zero attached hydrogens (tertiary/aromatic N) is 1. The maximum absolute atomic E-state index is 12.9. The van der Waals surface area contributed by atoms with Crippen LogP contribution in [0.1, 0.15) is 16.6 Å². The Labute approximate surface area is 118 Å². The predicted molar refractivity (Wildman–Crippen MR) is 74.8 cm³/mol. The average Bonchev–Trinajstić information content (AvgIpc) is 2.67. The Morgan fingerprint density at radius 1 is 1.47 bits per heavy atom. The minimum absolute atomic E-state index is 0.208. The summed E-state index contributed by atoms with van der Waals surface area (Å²) in [7, 11) is 0. The van der Waals surface area contributed by atoms with Crippen LogP contribution in [0.4, 0.5) is 10.2 Å². The number of esters is 1. The van der Waals surface area contributed by atoms with Crippen molar-refractivity contribution in [3.63, 3.8) is 0 Å². The van der Waals surface area contributed by atoms with Crippen molar-refractivity contribution in [1.82, 2.24) is 4.57 Å². The fourth-order valence-corrected chi connectivity index (χ4v) is 2.82. The predicted octanol–water partition coefficient (Wildman–Crippen LogP) is 3.17. The highest BCUT2D eigenvalue weighted by Gasteiger charge is 2.18. The van der Waals surface area contributed by atoms with E-state index in [4.69, 9.17) is 22.7 Å². The van der Waals surface area contributed by atoms with Crippen LogP contribution in [0.25, 0.3) is 5.69 Å². The summed E-state index contributed by atoms with van der Waals surface area (Å²) in [5, 5.41) is 0. The summed E-state index contributed by atoms with van der Waals surface area (Å²) < 4.78 is 19.7. The first-order chi connectivity index (χ1) is 9.04. The fourth-order valence-electron chi connectivity index (χ4n) is 1.56. The van der Waals surface area contributed by atoms with Gasteiger partial charge in [-0.05, 0) is 43.4 Å². The van der Waals surface area contributed by atoms with Gasteiger partial charge in [0.2, 0.25) is 0 Å². The van der Waals surface area contributed by atoms with E-state index in [1.165, 1.54) is 16.7 Å². The third-order valence-corrected chi connectivity index (χ3v) is 3.76. The Morgan fingerprint density at radius 2 is 2.11 bits per heavy atom. The largest absolute Gasteiger partial charge is 0.462 e. The number of nitrogens with two attached hydrogens (primary N) is 1. The lowest BCUT2D eigenvalue weighted by molar-refractivity contribution is 0.0533. The van der Waals surface area contributed by atoms with Crippen LogP contribution in [0, 0.1) is 9.77 Å². The van der Waals surface area contributed by atoms with Gasteiger partial charge >= 0.3 is 5.97 Å². The number of nitrogen functional groups attached to an aromatic ring is 1. The van der Waals surface area contributed by atoms with E-state index in [1.807, 2.05) is 0 Å². The Hall–Kier alpha value is -1.73. The molecule has 0 aliphatic rings. The van der Waals surface area contributed by atoms with E-state index in [1.54, 1.807) is 19.1 Å². The number of aromatic nitrogens is 1. The molecular formula is C12H11FN2O2S2. The lowest BCUT2D eigenvalue weighted by Crippen LogP contribution is -2.08. The molecule has 1 aromatic carbocycles. The summed E-state index contributed by atoms with van der Waals surface area (Å²) in [6.45, 7) is 1.98. The molecule has 0 saturated heterocycles. The first kappa shape index (κ1) is 13.7. The van der Waals surface area contributed by atoms with E-state index in [2.05, 4.69) is 0 Å². The number of thiazole rings is 1. The van der Waals surface area contributed by atoms with E-state index in [-0.39, 0.29) is 23.1 Å². The molecule has 100 valence electrons. The molecule has 0 atom stereocenters. The molecule has 0 saturated carbocycles. The highest BCUT2D eigenvalue weighted by Crippen LogP contribution is 2.26. The summed E-state index contributed by atoms with van der Waals surface area (Å²) in [6.07, 6.45) is 0. The zero-order valence-corrected chi connectivity index (χ0v) is 11.7. The van der Waals surface area contributed by atoms with Gasteiger partial charge in [-0.1, -0.05) is 11.3 Å². The molecule has 0 radical (unpaired) electrons. The van der Waals surface area contributed by atoms with Gasteiger partial charge in [0.15, 0.2) is 8.83 Å². The zero-order valence-electron chi connectivity index (χ0n) is 10.1. The average molecular weight is 298 g/mol. The van der Waals surface area contributed by atoms with Crippen molar-refractivity contribution in [1.29, 1.82) is 0 Å². The van der Waals surface area contributed by atoms with Gasteiger partial charge in [-0.25, -0.2) is 9.18 Å². The molecule has 0 amide bonds. The van der Waals surface area contributed by atoms with Crippen molar-refractivity contribution < 1.29 is 13.9 Å². The molecule has 0 fully saturated rings. The molecule has 0 spiro atoms. The quantitative estimate of drug-likeness (QED) is 0.698. The van der Waals surface area contributed by atoms with Crippen LogP contribution in [0.2, 0.25) is 0 Å². The van der Waals surface area contributed by atoms with Crippen LogP contribution in [-0.2, 0) is 4.74 Å². The first-order valence-electron chi connectivity index (χ1n) is 5.49. The van der Waals surface area contributed by atoms with Crippen LogP contribution in [0.15, 0.2) is 24.3 Å². The smallest absolute Gasteiger partial charge is 0.352 e. The van der Waals surface area contributed by atoms with Crippen molar-refractivity contribution >= 4 is 35.3 Å². The minimum atomic E-state index is -0.503. The van der Waals surface area contributed by atoms with Gasteiger partial charge < -0.3 is 10.5 Å². The number of hydrogen-bond acceptors (Lipinski definition) is 5. The van der Waals surface area contributed by atoms with Crippen molar-refractivity contribution in [3.8, 4) is 5.69 Å². The molecule has 2 aromatic rings. The molecule has 2 rings (SSSR count). The number of ether oxygens (including phenoxy) is 1. The highest BCUT2D eigenvalue weighted by molar-refractivity contribution is 7.73. The van der Waals surface area contributed by atoms with Gasteiger partial charge in [0.1, 0.15) is 11.6 Å². The Kier molecular flexibility index (Phi) is 3.96. The molecule has 0 aliphatic heterocycles. The lowest BCUT2D eigenvalue weighted by Gasteiger charge is -2.06. The van der Waals surface area contributed by atoms with Crippen LogP contribution in [0.3, 0.4) is 0 Å². The summed E-state index contributed by atoms with van der Waals surface area (Å²) in [5.74, 6) is -0.647. The normalized spacial score (nSPS) is 10.4. The number of benzene rings is 1. The van der Waals surface area contributed by atoms with Crippen molar-refractivity contribution in [2.24, 2.45) is 0 Å². The number of carbonyl (C=O) groups is 1. The van der Waals surface area contributed by atoms with E-state index in [0.717, 1.165) is 11.3 Å². The van der Waals surface area contributed by atoms with Crippen molar-refractivity contribution in [2.45, 2.75) is 6.92 Å². The molecule has 0 aliphatic carbocycles. The minimum Gasteiger partial charge on any atom is -0.462 e. The van der Waals surface area contributed by atoms with E-state index in [0.29, 0.717) is 9.64 Å². The van der Waals surface area contributed by atoms with Crippen LogP contribution in [-0.4, -0.2) is 17.1 Å². The number of halogens is 1. The van der Waals surface area contributed by atoms with E-state index < -0.39 is 5.97 Å². The topological polar surface area (TPSA) is 57.2 Å². The van der Waals surface area contributed by atoms with Gasteiger partial charge in [0, 0.05) is 5.69 Å². The number of rotatable bonds is 3. The monoisotopic (exact) mass is 298 g/mol. The molecule has 19 heavy (non-hydrogen) atoms. The summed E-state index contributed by atoms with van der Waals surface area (Å²) in [4.78, 5) is 12.0. The second-order valence-electron chi connectivity index (χ2n) is 3.61. The van der Waals surface area contributed by atoms with Gasteiger partial charge in [0.25, 0.3) is 0 Å². The number of carbonyl (C=O) groups excluding carboxylic acids is 1. The Morgan fingerprint density at radius 3 is 2.68 bits per heavy atom. The summed E-state index contributed by atoms with van der Waals surface area (Å²) in [5.41, 5.74) is 6.52.